The summed E-state index contributed by atoms with van der Waals surface area (Å²) < 4.78 is 5.25. The zero-order valence-electron chi connectivity index (χ0n) is 13.0. The summed E-state index contributed by atoms with van der Waals surface area (Å²) in [6.07, 6.45) is 3.41. The van der Waals surface area contributed by atoms with Crippen molar-refractivity contribution in [3.63, 3.8) is 0 Å². The Morgan fingerprint density at radius 1 is 1.19 bits per heavy atom. The van der Waals surface area contributed by atoms with E-state index >= 15 is 0 Å². The van der Waals surface area contributed by atoms with E-state index in [2.05, 4.69) is 19.8 Å². The maximum atomic E-state index is 5.99. The summed E-state index contributed by atoms with van der Waals surface area (Å²) in [6.45, 7) is 6.24. The molecule has 0 aromatic carbocycles. The van der Waals surface area contributed by atoms with Gasteiger partial charge in [-0.15, -0.1) is 0 Å². The Kier molecular flexibility index (Phi) is 4.26. The van der Waals surface area contributed by atoms with Crippen LogP contribution in [0.5, 0.6) is 5.88 Å². The Morgan fingerprint density at radius 3 is 2.67 bits per heavy atom. The number of nitrogens with two attached hydrogens (primary N) is 1. The molecule has 0 bridgehead atoms. The third-order valence-corrected chi connectivity index (χ3v) is 4.56. The Labute approximate surface area is 126 Å². The summed E-state index contributed by atoms with van der Waals surface area (Å²) >= 11 is 0. The van der Waals surface area contributed by atoms with E-state index < -0.39 is 0 Å². The number of hydrogen-bond donors (Lipinski definition) is 1. The molecule has 1 atom stereocenters. The molecule has 2 N–H and O–H groups in total. The van der Waals surface area contributed by atoms with Gasteiger partial charge >= 0.3 is 0 Å². The van der Waals surface area contributed by atoms with Gasteiger partial charge in [-0.1, -0.05) is 0 Å². The average molecular weight is 291 g/mol. The molecule has 0 amide bonds. The molecule has 0 aliphatic carbocycles. The van der Waals surface area contributed by atoms with Crippen LogP contribution in [0.15, 0.2) is 6.07 Å². The van der Waals surface area contributed by atoms with Gasteiger partial charge in [-0.05, 0) is 39.3 Å². The molecule has 1 unspecified atom stereocenters. The molecule has 2 aliphatic heterocycles. The second-order valence-corrected chi connectivity index (χ2v) is 6.11. The van der Waals surface area contributed by atoms with E-state index in [1.807, 2.05) is 13.0 Å². The second kappa shape index (κ2) is 6.15. The minimum atomic E-state index is 0.392. The molecule has 2 fully saturated rings. The number of rotatable bonds is 3. The van der Waals surface area contributed by atoms with E-state index in [4.69, 9.17) is 10.5 Å². The van der Waals surface area contributed by atoms with Crippen molar-refractivity contribution in [2.75, 3.05) is 38.2 Å². The number of aromatic nitrogens is 2. The molecule has 2 aliphatic rings. The number of nitrogens with zero attached hydrogens (tertiary/aromatic N) is 4. The largest absolute Gasteiger partial charge is 0.481 e. The molecule has 2 saturated heterocycles. The molecule has 0 saturated carbocycles. The predicted molar refractivity (Wildman–Crippen MR) is 82.7 cm³/mol. The fraction of sp³-hybridized carbons (Fsp3) is 0.733. The van der Waals surface area contributed by atoms with E-state index in [9.17, 15) is 0 Å². The second-order valence-electron chi connectivity index (χ2n) is 6.11. The van der Waals surface area contributed by atoms with Crippen LogP contribution in [0.4, 0.5) is 5.95 Å². The number of piperidine rings is 1. The van der Waals surface area contributed by atoms with Gasteiger partial charge in [-0.2, -0.15) is 4.98 Å². The Bertz CT molecular complexity index is 487. The third kappa shape index (κ3) is 3.27. The molecule has 0 spiro atoms. The minimum absolute atomic E-state index is 0.392. The minimum Gasteiger partial charge on any atom is -0.481 e. The molecule has 1 aromatic rings. The van der Waals surface area contributed by atoms with Crippen LogP contribution in [0.2, 0.25) is 0 Å². The van der Waals surface area contributed by atoms with Gasteiger partial charge in [-0.25, -0.2) is 4.98 Å². The van der Waals surface area contributed by atoms with E-state index in [0.717, 1.165) is 50.7 Å². The van der Waals surface area contributed by atoms with Crippen LogP contribution in [-0.2, 0) is 0 Å². The number of aryl methyl sites for hydroxylation is 1. The van der Waals surface area contributed by atoms with Crippen molar-refractivity contribution in [2.45, 2.75) is 38.3 Å². The summed E-state index contributed by atoms with van der Waals surface area (Å²) in [4.78, 5) is 13.9. The van der Waals surface area contributed by atoms with Gasteiger partial charge < -0.3 is 15.4 Å². The van der Waals surface area contributed by atoms with Crippen LogP contribution in [0, 0.1) is 6.92 Å². The Balaban J connectivity index is 1.65. The van der Waals surface area contributed by atoms with E-state index in [1.165, 1.54) is 6.42 Å². The number of likely N-dealkylation sites (tertiary alicyclic amines) is 1. The van der Waals surface area contributed by atoms with Gasteiger partial charge in [0.15, 0.2) is 0 Å². The quantitative estimate of drug-likeness (QED) is 0.888. The van der Waals surface area contributed by atoms with E-state index in [0.29, 0.717) is 18.0 Å². The summed E-state index contributed by atoms with van der Waals surface area (Å²) in [5.41, 5.74) is 6.94. The first-order valence-corrected chi connectivity index (χ1v) is 7.80. The molecule has 0 radical (unpaired) electrons. The van der Waals surface area contributed by atoms with Crippen molar-refractivity contribution in [1.82, 2.24) is 14.9 Å². The Morgan fingerprint density at radius 2 is 1.95 bits per heavy atom. The van der Waals surface area contributed by atoms with Crippen LogP contribution in [-0.4, -0.2) is 60.2 Å². The van der Waals surface area contributed by atoms with Crippen LogP contribution in [0.1, 0.15) is 25.0 Å². The molecule has 21 heavy (non-hydrogen) atoms. The van der Waals surface area contributed by atoms with Crippen LogP contribution in [0.25, 0.3) is 0 Å². The normalized spacial score (nSPS) is 24.5. The predicted octanol–water partition coefficient (Wildman–Crippen LogP) is 0.795. The summed E-state index contributed by atoms with van der Waals surface area (Å²) in [6, 6.07) is 2.86. The average Bonchev–Trinajstić information content (AvgIpc) is 2.97. The number of ether oxygens (including phenoxy) is 1. The van der Waals surface area contributed by atoms with Crippen LogP contribution >= 0.6 is 0 Å². The lowest BCUT2D eigenvalue weighted by Gasteiger charge is -2.34. The first-order valence-electron chi connectivity index (χ1n) is 7.80. The van der Waals surface area contributed by atoms with Crippen molar-refractivity contribution in [3.05, 3.63) is 11.8 Å². The van der Waals surface area contributed by atoms with E-state index in [-0.39, 0.29) is 0 Å². The third-order valence-electron chi connectivity index (χ3n) is 4.56. The lowest BCUT2D eigenvalue weighted by molar-refractivity contribution is 0.163. The van der Waals surface area contributed by atoms with Crippen molar-refractivity contribution < 1.29 is 4.74 Å². The number of methoxy groups -OCH3 is 1. The van der Waals surface area contributed by atoms with Crippen molar-refractivity contribution in [1.29, 1.82) is 0 Å². The van der Waals surface area contributed by atoms with Crippen molar-refractivity contribution in [3.8, 4) is 5.88 Å². The fourth-order valence-corrected chi connectivity index (χ4v) is 3.28. The van der Waals surface area contributed by atoms with Gasteiger partial charge in [0.2, 0.25) is 11.8 Å². The SMILES string of the molecule is COc1cc(C)nc(N2CCC(N3CCC(N)CC3)C2)n1. The Hall–Kier alpha value is -1.40. The number of anilines is 1. The van der Waals surface area contributed by atoms with Gasteiger partial charge in [-0.3, -0.25) is 4.90 Å². The summed E-state index contributed by atoms with van der Waals surface area (Å²) in [7, 11) is 1.65. The number of hydrogen-bond acceptors (Lipinski definition) is 6. The monoisotopic (exact) mass is 291 g/mol. The van der Waals surface area contributed by atoms with Crippen molar-refractivity contribution in [2.24, 2.45) is 5.73 Å². The molecular formula is C15H25N5O. The van der Waals surface area contributed by atoms with Gasteiger partial charge in [0.05, 0.1) is 7.11 Å². The maximum Gasteiger partial charge on any atom is 0.228 e. The molecule has 6 heteroatoms. The highest BCUT2D eigenvalue weighted by Gasteiger charge is 2.31. The first-order chi connectivity index (χ1) is 10.2. The molecule has 6 nitrogen and oxygen atoms in total. The van der Waals surface area contributed by atoms with E-state index in [1.54, 1.807) is 7.11 Å². The van der Waals surface area contributed by atoms with Gasteiger partial charge in [0, 0.05) is 36.9 Å². The molecule has 116 valence electrons. The van der Waals surface area contributed by atoms with Gasteiger partial charge in [0.1, 0.15) is 0 Å². The standard InChI is InChI=1S/C15H25N5O/c1-11-9-14(21-2)18-15(17-11)20-8-5-13(10-20)19-6-3-12(16)4-7-19/h9,12-13H,3-8,10,16H2,1-2H3. The fourth-order valence-electron chi connectivity index (χ4n) is 3.28. The molecule has 1 aromatic heterocycles. The lowest BCUT2D eigenvalue weighted by Crippen LogP contribution is -2.46. The topological polar surface area (TPSA) is 67.5 Å². The van der Waals surface area contributed by atoms with Crippen LogP contribution in [0.3, 0.4) is 0 Å². The smallest absolute Gasteiger partial charge is 0.228 e. The molecular weight excluding hydrogens is 266 g/mol. The highest BCUT2D eigenvalue weighted by atomic mass is 16.5. The lowest BCUT2D eigenvalue weighted by atomic mass is 10.0. The van der Waals surface area contributed by atoms with Crippen LogP contribution < -0.4 is 15.4 Å². The maximum absolute atomic E-state index is 5.99. The summed E-state index contributed by atoms with van der Waals surface area (Å²) in [5, 5.41) is 0. The first kappa shape index (κ1) is 14.5. The summed E-state index contributed by atoms with van der Waals surface area (Å²) in [5.74, 6) is 1.44. The van der Waals surface area contributed by atoms with Crippen molar-refractivity contribution >= 4 is 5.95 Å². The highest BCUT2D eigenvalue weighted by Crippen LogP contribution is 2.24. The molecule has 3 rings (SSSR count). The molecule has 3 heterocycles. The zero-order valence-corrected chi connectivity index (χ0v) is 13.0. The highest BCUT2D eigenvalue weighted by molar-refractivity contribution is 5.36. The zero-order chi connectivity index (χ0) is 14.8. The van der Waals surface area contributed by atoms with Gasteiger partial charge in [0.25, 0.3) is 0 Å².